The Hall–Kier alpha value is -2.04. The molecule has 0 aliphatic carbocycles. The van der Waals surface area contributed by atoms with Crippen molar-refractivity contribution in [1.29, 1.82) is 0 Å². The zero-order chi connectivity index (χ0) is 14.3. The van der Waals surface area contributed by atoms with Gasteiger partial charge in [-0.25, -0.2) is 0 Å². The third kappa shape index (κ3) is 5.90. The van der Waals surface area contributed by atoms with E-state index in [1.54, 1.807) is 4.90 Å². The smallest absolute Gasteiger partial charge is 0.323 e. The molecule has 1 rings (SSSR count). The minimum Gasteiger partial charge on any atom is -0.480 e. The van der Waals surface area contributed by atoms with Crippen LogP contribution in [0.25, 0.3) is 0 Å². The van der Waals surface area contributed by atoms with Crippen molar-refractivity contribution in [1.82, 2.24) is 5.32 Å². The summed E-state index contributed by atoms with van der Waals surface area (Å²) in [6, 6.07) is 9.33. The van der Waals surface area contributed by atoms with Crippen LogP contribution in [-0.4, -0.2) is 36.1 Å². The zero-order valence-electron chi connectivity index (χ0n) is 11.3. The van der Waals surface area contributed by atoms with Crippen LogP contribution in [0.5, 0.6) is 0 Å². The van der Waals surface area contributed by atoms with Gasteiger partial charge in [0.1, 0.15) is 6.54 Å². The molecule has 5 heteroatoms. The maximum Gasteiger partial charge on any atom is 0.323 e. The topological polar surface area (TPSA) is 69.6 Å². The van der Waals surface area contributed by atoms with Gasteiger partial charge in [0, 0.05) is 24.7 Å². The van der Waals surface area contributed by atoms with Crippen LogP contribution in [0, 0.1) is 0 Å². The Bertz CT molecular complexity index is 418. The number of benzene rings is 1. The Balaban J connectivity index is 2.61. The number of carbonyl (C=O) groups excluding carboxylic acids is 1. The quantitative estimate of drug-likeness (QED) is 0.783. The van der Waals surface area contributed by atoms with Gasteiger partial charge in [0.05, 0.1) is 0 Å². The normalized spacial score (nSPS) is 10.3. The number of hydrogen-bond donors (Lipinski definition) is 2. The minimum atomic E-state index is -0.909. The molecule has 0 spiro atoms. The number of hydrogen-bond acceptors (Lipinski definition) is 3. The van der Waals surface area contributed by atoms with E-state index in [0.29, 0.717) is 6.54 Å². The second-order valence-corrected chi connectivity index (χ2v) is 4.62. The summed E-state index contributed by atoms with van der Waals surface area (Å²) in [5.74, 6) is -0.977. The first-order valence-electron chi connectivity index (χ1n) is 6.30. The lowest BCUT2D eigenvalue weighted by Gasteiger charge is -2.22. The van der Waals surface area contributed by atoms with Crippen molar-refractivity contribution in [2.45, 2.75) is 26.3 Å². The van der Waals surface area contributed by atoms with E-state index < -0.39 is 5.97 Å². The number of nitrogens with zero attached hydrogens (tertiary/aromatic N) is 1. The van der Waals surface area contributed by atoms with E-state index in [4.69, 9.17) is 5.11 Å². The Labute approximate surface area is 113 Å². The van der Waals surface area contributed by atoms with Crippen LogP contribution < -0.4 is 10.2 Å². The van der Waals surface area contributed by atoms with Gasteiger partial charge in [0.25, 0.3) is 0 Å². The van der Waals surface area contributed by atoms with Crippen LogP contribution in [0.1, 0.15) is 20.3 Å². The highest BCUT2D eigenvalue weighted by molar-refractivity contribution is 5.78. The number of amides is 1. The number of nitrogens with one attached hydrogen (secondary N) is 1. The Morgan fingerprint density at radius 3 is 2.42 bits per heavy atom. The van der Waals surface area contributed by atoms with Gasteiger partial charge >= 0.3 is 5.97 Å². The van der Waals surface area contributed by atoms with Gasteiger partial charge in [-0.2, -0.15) is 0 Å². The van der Waals surface area contributed by atoms with E-state index >= 15 is 0 Å². The van der Waals surface area contributed by atoms with E-state index in [0.717, 1.165) is 5.69 Å². The van der Waals surface area contributed by atoms with Crippen molar-refractivity contribution in [2.75, 3.05) is 18.0 Å². The Morgan fingerprint density at radius 1 is 1.26 bits per heavy atom. The molecule has 0 aromatic heterocycles. The molecule has 1 aromatic carbocycles. The largest absolute Gasteiger partial charge is 0.480 e. The predicted molar refractivity (Wildman–Crippen MR) is 74.2 cm³/mol. The van der Waals surface area contributed by atoms with Crippen LogP contribution in [0.4, 0.5) is 5.69 Å². The Morgan fingerprint density at radius 2 is 1.89 bits per heavy atom. The average molecular weight is 264 g/mol. The highest BCUT2D eigenvalue weighted by atomic mass is 16.4. The molecule has 0 unspecified atom stereocenters. The first-order chi connectivity index (χ1) is 8.99. The molecule has 0 aliphatic rings. The number of carboxylic acids is 1. The maximum absolute atomic E-state index is 11.6. The van der Waals surface area contributed by atoms with E-state index in [-0.39, 0.29) is 24.9 Å². The summed E-state index contributed by atoms with van der Waals surface area (Å²) in [5.41, 5.74) is 0.808. The molecule has 0 aliphatic heterocycles. The first kappa shape index (κ1) is 15.0. The van der Waals surface area contributed by atoms with Crippen molar-refractivity contribution in [3.8, 4) is 0 Å². The van der Waals surface area contributed by atoms with Crippen LogP contribution in [0.3, 0.4) is 0 Å². The average Bonchev–Trinajstić information content (AvgIpc) is 2.34. The van der Waals surface area contributed by atoms with E-state index in [2.05, 4.69) is 5.32 Å². The summed E-state index contributed by atoms with van der Waals surface area (Å²) in [6.45, 7) is 4.06. The van der Waals surface area contributed by atoms with Gasteiger partial charge < -0.3 is 15.3 Å². The second-order valence-electron chi connectivity index (χ2n) is 4.62. The number of rotatable bonds is 7. The van der Waals surface area contributed by atoms with Crippen molar-refractivity contribution in [3.05, 3.63) is 30.3 Å². The van der Waals surface area contributed by atoms with Crippen LogP contribution >= 0.6 is 0 Å². The molecule has 2 N–H and O–H groups in total. The molecule has 0 radical (unpaired) electrons. The summed E-state index contributed by atoms with van der Waals surface area (Å²) in [5, 5.41) is 11.7. The Kier molecular flexibility index (Phi) is 5.85. The number of anilines is 1. The van der Waals surface area contributed by atoms with Gasteiger partial charge in [-0.15, -0.1) is 0 Å². The number of aliphatic carboxylic acids is 1. The van der Waals surface area contributed by atoms with E-state index in [1.807, 2.05) is 44.2 Å². The SMILES string of the molecule is CC(C)NC(=O)CCN(CC(=O)O)c1ccccc1. The third-order valence-corrected chi connectivity index (χ3v) is 2.51. The molecule has 104 valence electrons. The van der Waals surface area contributed by atoms with Crippen LogP contribution in [0.2, 0.25) is 0 Å². The van der Waals surface area contributed by atoms with Crippen molar-refractivity contribution < 1.29 is 14.7 Å². The summed E-state index contributed by atoms with van der Waals surface area (Å²) >= 11 is 0. The fourth-order valence-corrected chi connectivity index (χ4v) is 1.73. The zero-order valence-corrected chi connectivity index (χ0v) is 11.3. The molecule has 1 aromatic rings. The number of para-hydroxylation sites is 1. The summed E-state index contributed by atoms with van der Waals surface area (Å²) in [7, 11) is 0. The standard InChI is InChI=1S/C14H20N2O3/c1-11(2)15-13(17)8-9-16(10-14(18)19)12-6-4-3-5-7-12/h3-7,11H,8-10H2,1-2H3,(H,15,17)(H,18,19). The van der Waals surface area contributed by atoms with Gasteiger partial charge in [-0.3, -0.25) is 9.59 Å². The summed E-state index contributed by atoms with van der Waals surface area (Å²) < 4.78 is 0. The summed E-state index contributed by atoms with van der Waals surface area (Å²) in [6.07, 6.45) is 0.278. The molecule has 1 amide bonds. The molecule has 19 heavy (non-hydrogen) atoms. The molecular formula is C14H20N2O3. The molecule has 0 heterocycles. The minimum absolute atomic E-state index is 0.0682. The molecule has 0 atom stereocenters. The first-order valence-corrected chi connectivity index (χ1v) is 6.30. The van der Waals surface area contributed by atoms with Gasteiger partial charge in [0.2, 0.25) is 5.91 Å². The maximum atomic E-state index is 11.6. The van der Waals surface area contributed by atoms with Crippen molar-refractivity contribution in [3.63, 3.8) is 0 Å². The van der Waals surface area contributed by atoms with Crippen LogP contribution in [0.15, 0.2) is 30.3 Å². The predicted octanol–water partition coefficient (Wildman–Crippen LogP) is 1.49. The second kappa shape index (κ2) is 7.41. The molecule has 0 bridgehead atoms. The molecule has 5 nitrogen and oxygen atoms in total. The monoisotopic (exact) mass is 264 g/mol. The highest BCUT2D eigenvalue weighted by Gasteiger charge is 2.12. The molecular weight excluding hydrogens is 244 g/mol. The number of carbonyl (C=O) groups is 2. The van der Waals surface area contributed by atoms with Crippen LogP contribution in [-0.2, 0) is 9.59 Å². The third-order valence-electron chi connectivity index (χ3n) is 2.51. The summed E-state index contributed by atoms with van der Waals surface area (Å²) in [4.78, 5) is 24.1. The fourth-order valence-electron chi connectivity index (χ4n) is 1.73. The van der Waals surface area contributed by atoms with Crippen molar-refractivity contribution in [2.24, 2.45) is 0 Å². The lowest BCUT2D eigenvalue weighted by atomic mass is 10.2. The lowest BCUT2D eigenvalue weighted by Crippen LogP contribution is -2.36. The van der Waals surface area contributed by atoms with E-state index in [1.165, 1.54) is 0 Å². The van der Waals surface area contributed by atoms with Gasteiger partial charge in [-0.1, -0.05) is 18.2 Å². The highest BCUT2D eigenvalue weighted by Crippen LogP contribution is 2.13. The fraction of sp³-hybridized carbons (Fsp3) is 0.429. The molecule has 0 saturated heterocycles. The van der Waals surface area contributed by atoms with E-state index in [9.17, 15) is 9.59 Å². The number of carboxylic acid groups (broad SMARTS) is 1. The van der Waals surface area contributed by atoms with Gasteiger partial charge in [-0.05, 0) is 26.0 Å². The van der Waals surface area contributed by atoms with Crippen molar-refractivity contribution >= 4 is 17.6 Å². The van der Waals surface area contributed by atoms with Gasteiger partial charge in [0.15, 0.2) is 0 Å². The molecule has 0 fully saturated rings. The lowest BCUT2D eigenvalue weighted by molar-refractivity contribution is -0.135. The molecule has 0 saturated carbocycles.